The van der Waals surface area contributed by atoms with E-state index in [0.717, 1.165) is 15.3 Å². The van der Waals surface area contributed by atoms with Crippen molar-refractivity contribution in [2.75, 3.05) is 18.4 Å². The number of hydrogen-bond acceptors (Lipinski definition) is 3. The molecule has 1 aliphatic heterocycles. The Bertz CT molecular complexity index is 895. The Kier molecular flexibility index (Phi) is 5.93. The van der Waals surface area contributed by atoms with E-state index in [0.29, 0.717) is 12.8 Å². The second-order valence-electron chi connectivity index (χ2n) is 6.10. The molecule has 3 rings (SSSR count). The van der Waals surface area contributed by atoms with Crippen LogP contribution < -0.4 is 5.32 Å². The maximum absolute atomic E-state index is 13.8. The van der Waals surface area contributed by atoms with Gasteiger partial charge >= 0.3 is 0 Å². The number of piperidine rings is 1. The molecule has 1 N–H and O–H groups in total. The highest BCUT2D eigenvalue weighted by Crippen LogP contribution is 2.26. The van der Waals surface area contributed by atoms with Crippen molar-refractivity contribution in [3.8, 4) is 0 Å². The number of sulfonamides is 1. The summed E-state index contributed by atoms with van der Waals surface area (Å²) < 4.78 is 41.4. The number of nitrogens with one attached hydrogen (secondary N) is 1. The van der Waals surface area contributed by atoms with Crippen LogP contribution in [0.3, 0.4) is 0 Å². The molecule has 1 fully saturated rings. The number of rotatable bonds is 4. The van der Waals surface area contributed by atoms with Crippen molar-refractivity contribution >= 4 is 44.2 Å². The van der Waals surface area contributed by atoms with Crippen molar-refractivity contribution in [3.63, 3.8) is 0 Å². The number of hydrogen-bond donors (Lipinski definition) is 1. The molecule has 138 valence electrons. The van der Waals surface area contributed by atoms with E-state index in [9.17, 15) is 17.6 Å². The molecule has 1 aliphatic rings. The first kappa shape index (κ1) is 19.2. The third-order valence-corrected chi connectivity index (χ3v) is 7.04. The van der Waals surface area contributed by atoms with Crippen LogP contribution in [0.4, 0.5) is 10.1 Å². The van der Waals surface area contributed by atoms with E-state index < -0.39 is 15.8 Å². The molecule has 0 bridgehead atoms. The van der Waals surface area contributed by atoms with Gasteiger partial charge in [0.15, 0.2) is 0 Å². The molecule has 1 saturated heterocycles. The fraction of sp³-hybridized carbons (Fsp3) is 0.278. The summed E-state index contributed by atoms with van der Waals surface area (Å²) in [7, 11) is -3.88. The highest BCUT2D eigenvalue weighted by molar-refractivity contribution is 14.1. The lowest BCUT2D eigenvalue weighted by Crippen LogP contribution is -2.41. The summed E-state index contributed by atoms with van der Waals surface area (Å²) in [5.74, 6) is -1.14. The molecule has 8 heteroatoms. The van der Waals surface area contributed by atoms with Gasteiger partial charge in [0, 0.05) is 28.3 Å². The quantitative estimate of drug-likeness (QED) is 0.671. The predicted molar refractivity (Wildman–Crippen MR) is 106 cm³/mol. The summed E-state index contributed by atoms with van der Waals surface area (Å²) in [6.45, 7) is 0.392. The zero-order valence-electron chi connectivity index (χ0n) is 13.9. The van der Waals surface area contributed by atoms with Crippen molar-refractivity contribution in [1.29, 1.82) is 0 Å². The number of benzene rings is 2. The highest BCUT2D eigenvalue weighted by Gasteiger charge is 2.33. The van der Waals surface area contributed by atoms with Crippen LogP contribution in [0.5, 0.6) is 0 Å². The Labute approximate surface area is 165 Å². The van der Waals surface area contributed by atoms with Crippen LogP contribution in [-0.4, -0.2) is 31.7 Å². The summed E-state index contributed by atoms with van der Waals surface area (Å²) in [5, 5.41) is 2.86. The second kappa shape index (κ2) is 8.01. The molecule has 2 aromatic rings. The van der Waals surface area contributed by atoms with Crippen molar-refractivity contribution in [2.24, 2.45) is 5.92 Å². The largest absolute Gasteiger partial charge is 0.326 e. The molecular weight excluding hydrogens is 470 g/mol. The van der Waals surface area contributed by atoms with Crippen LogP contribution in [0.25, 0.3) is 0 Å². The van der Waals surface area contributed by atoms with Gasteiger partial charge in [-0.3, -0.25) is 4.79 Å². The summed E-state index contributed by atoms with van der Waals surface area (Å²) in [5.41, 5.74) is 0.719. The van der Waals surface area contributed by atoms with E-state index >= 15 is 0 Å². The van der Waals surface area contributed by atoms with Crippen molar-refractivity contribution in [3.05, 3.63) is 57.9 Å². The lowest BCUT2D eigenvalue weighted by Gasteiger charge is -2.30. The third-order valence-electron chi connectivity index (χ3n) is 4.39. The Morgan fingerprint density at radius 2 is 1.69 bits per heavy atom. The normalized spacial score (nSPS) is 16.4. The lowest BCUT2D eigenvalue weighted by atomic mass is 9.97. The van der Waals surface area contributed by atoms with Gasteiger partial charge in [0.25, 0.3) is 0 Å². The Hall–Kier alpha value is -1.52. The first-order valence-electron chi connectivity index (χ1n) is 8.19. The Morgan fingerprint density at radius 3 is 2.31 bits per heavy atom. The number of carbonyl (C=O) groups excluding carboxylic acids is 1. The monoisotopic (exact) mass is 488 g/mol. The van der Waals surface area contributed by atoms with Crippen molar-refractivity contribution in [2.45, 2.75) is 17.7 Å². The predicted octanol–water partition coefficient (Wildman–Crippen LogP) is 3.47. The van der Waals surface area contributed by atoms with E-state index in [1.807, 2.05) is 24.3 Å². The molecule has 0 unspecified atom stereocenters. The molecule has 0 aliphatic carbocycles. The van der Waals surface area contributed by atoms with Crippen LogP contribution >= 0.6 is 22.6 Å². The van der Waals surface area contributed by atoms with E-state index in [2.05, 4.69) is 27.9 Å². The van der Waals surface area contributed by atoms with Gasteiger partial charge in [-0.25, -0.2) is 12.8 Å². The summed E-state index contributed by atoms with van der Waals surface area (Å²) in [4.78, 5) is 12.1. The molecule has 1 heterocycles. The molecule has 0 spiro atoms. The molecule has 0 aromatic heterocycles. The first-order valence-corrected chi connectivity index (χ1v) is 10.7. The van der Waals surface area contributed by atoms with Gasteiger partial charge in [-0.05, 0) is 71.8 Å². The minimum atomic E-state index is -3.88. The zero-order valence-corrected chi connectivity index (χ0v) is 16.8. The van der Waals surface area contributed by atoms with E-state index in [1.54, 1.807) is 0 Å². The Morgan fingerprint density at radius 1 is 1.08 bits per heavy atom. The first-order chi connectivity index (χ1) is 12.4. The summed E-state index contributed by atoms with van der Waals surface area (Å²) in [6, 6.07) is 12.8. The lowest BCUT2D eigenvalue weighted by molar-refractivity contribution is -0.120. The summed E-state index contributed by atoms with van der Waals surface area (Å²) in [6.07, 6.45) is 0.813. The second-order valence-corrected chi connectivity index (χ2v) is 9.26. The molecule has 0 radical (unpaired) electrons. The van der Waals surface area contributed by atoms with E-state index in [1.165, 1.54) is 22.5 Å². The fourth-order valence-electron chi connectivity index (χ4n) is 2.93. The smallest absolute Gasteiger partial charge is 0.245 e. The van der Waals surface area contributed by atoms with Crippen molar-refractivity contribution < 1.29 is 17.6 Å². The van der Waals surface area contributed by atoms with Gasteiger partial charge in [-0.2, -0.15) is 4.31 Å². The number of halogens is 2. The van der Waals surface area contributed by atoms with Crippen molar-refractivity contribution in [1.82, 2.24) is 4.31 Å². The topological polar surface area (TPSA) is 66.5 Å². The molecule has 1 amide bonds. The van der Waals surface area contributed by atoms with Gasteiger partial charge < -0.3 is 5.32 Å². The van der Waals surface area contributed by atoms with Gasteiger partial charge in [0.05, 0.1) is 0 Å². The SMILES string of the molecule is O=C(Nc1ccc(I)cc1)C1CCN(S(=O)(=O)c2ccccc2F)CC1. The van der Waals surface area contributed by atoms with Gasteiger partial charge in [-0.15, -0.1) is 0 Å². The van der Waals surface area contributed by atoms with Crippen LogP contribution in [-0.2, 0) is 14.8 Å². The minimum Gasteiger partial charge on any atom is -0.326 e. The molecule has 26 heavy (non-hydrogen) atoms. The number of amides is 1. The number of nitrogens with zero attached hydrogens (tertiary/aromatic N) is 1. The molecule has 0 atom stereocenters. The van der Waals surface area contributed by atoms with Crippen LogP contribution in [0.1, 0.15) is 12.8 Å². The summed E-state index contributed by atoms with van der Waals surface area (Å²) >= 11 is 2.19. The van der Waals surface area contributed by atoms with E-state index in [-0.39, 0.29) is 29.8 Å². The molecule has 2 aromatic carbocycles. The minimum absolute atomic E-state index is 0.117. The Balaban J connectivity index is 1.62. The molecule has 0 saturated carbocycles. The number of anilines is 1. The number of carbonyl (C=O) groups is 1. The van der Waals surface area contributed by atoms with Gasteiger partial charge in [0.2, 0.25) is 15.9 Å². The third kappa shape index (κ3) is 4.24. The maximum Gasteiger partial charge on any atom is 0.245 e. The average molecular weight is 488 g/mol. The average Bonchev–Trinajstić information content (AvgIpc) is 2.64. The fourth-order valence-corrected chi connectivity index (χ4v) is 4.82. The van der Waals surface area contributed by atoms with Gasteiger partial charge in [-0.1, -0.05) is 12.1 Å². The van der Waals surface area contributed by atoms with Crippen LogP contribution in [0.2, 0.25) is 0 Å². The van der Waals surface area contributed by atoms with E-state index in [4.69, 9.17) is 0 Å². The zero-order chi connectivity index (χ0) is 18.7. The maximum atomic E-state index is 13.8. The standard InChI is InChI=1S/C18H18FIN2O3S/c19-16-3-1-2-4-17(16)26(24,25)22-11-9-13(10-12-22)18(23)21-15-7-5-14(20)6-8-15/h1-8,13H,9-12H2,(H,21,23). The molecular formula is C18H18FIN2O3S. The van der Waals surface area contributed by atoms with Gasteiger partial charge in [0.1, 0.15) is 10.7 Å². The molecule has 5 nitrogen and oxygen atoms in total. The highest BCUT2D eigenvalue weighted by atomic mass is 127. The van der Waals surface area contributed by atoms with Crippen LogP contribution in [0.15, 0.2) is 53.4 Å². The van der Waals surface area contributed by atoms with Crippen LogP contribution in [0, 0.1) is 15.3 Å².